The lowest BCUT2D eigenvalue weighted by molar-refractivity contribution is -0.116. The van der Waals surface area contributed by atoms with Crippen LogP contribution in [-0.4, -0.2) is 42.0 Å². The average Bonchev–Trinajstić information content (AvgIpc) is 3.21. The highest BCUT2D eigenvalue weighted by atomic mass is 16.1. The zero-order chi connectivity index (χ0) is 23.2. The van der Waals surface area contributed by atoms with Crippen LogP contribution in [-0.2, 0) is 16.6 Å². The molecule has 1 aromatic heterocycles. The summed E-state index contributed by atoms with van der Waals surface area (Å²) in [6, 6.07) is 15.3. The maximum absolute atomic E-state index is 12.4. The van der Waals surface area contributed by atoms with Crippen LogP contribution in [0.3, 0.4) is 0 Å². The summed E-state index contributed by atoms with van der Waals surface area (Å²) in [7, 11) is 2.25. The van der Waals surface area contributed by atoms with Crippen molar-refractivity contribution in [2.24, 2.45) is 5.92 Å². The zero-order valence-electron chi connectivity index (χ0n) is 20.2. The van der Waals surface area contributed by atoms with Crippen LogP contribution in [0.15, 0.2) is 54.7 Å². The predicted octanol–water partition coefficient (Wildman–Crippen LogP) is 5.26. The molecular formula is C29H35N3O. The van der Waals surface area contributed by atoms with Gasteiger partial charge in [-0.2, -0.15) is 0 Å². The van der Waals surface area contributed by atoms with E-state index >= 15 is 0 Å². The third kappa shape index (κ3) is 4.37. The highest BCUT2D eigenvalue weighted by molar-refractivity contribution is 5.91. The fourth-order valence-electron chi connectivity index (χ4n) is 5.75. The van der Waals surface area contributed by atoms with Gasteiger partial charge in [-0.25, -0.2) is 0 Å². The smallest absolute Gasteiger partial charge is 0.244 e. The number of hydrogen-bond acceptors (Lipinski definition) is 2. The Balaban J connectivity index is 1.34. The number of fused-ring (bicyclic) bond motifs is 2. The molecule has 33 heavy (non-hydrogen) atoms. The zero-order valence-corrected chi connectivity index (χ0v) is 20.2. The topological polar surface area (TPSA) is 48.1 Å². The van der Waals surface area contributed by atoms with Crippen LogP contribution in [0.4, 0.5) is 0 Å². The number of likely N-dealkylation sites (N-methyl/N-ethyl adjacent to an activating group) is 1. The van der Waals surface area contributed by atoms with Crippen molar-refractivity contribution in [1.29, 1.82) is 0 Å². The first-order chi connectivity index (χ1) is 15.8. The quantitative estimate of drug-likeness (QED) is 0.543. The van der Waals surface area contributed by atoms with Gasteiger partial charge in [-0.05, 0) is 65.6 Å². The number of amides is 1. The van der Waals surface area contributed by atoms with Crippen molar-refractivity contribution in [3.8, 4) is 0 Å². The van der Waals surface area contributed by atoms with E-state index in [1.54, 1.807) is 6.08 Å². The summed E-state index contributed by atoms with van der Waals surface area (Å²) < 4.78 is 0. The molecule has 0 saturated carbocycles. The molecule has 0 radical (unpaired) electrons. The van der Waals surface area contributed by atoms with Gasteiger partial charge in [0, 0.05) is 48.2 Å². The molecule has 172 valence electrons. The number of piperidine rings is 1. The number of nitrogens with zero attached hydrogens (tertiary/aromatic N) is 1. The minimum absolute atomic E-state index is 0.0164. The van der Waals surface area contributed by atoms with Gasteiger partial charge in [0.1, 0.15) is 0 Å². The van der Waals surface area contributed by atoms with Gasteiger partial charge in [0.25, 0.3) is 0 Å². The van der Waals surface area contributed by atoms with E-state index in [1.165, 1.54) is 27.6 Å². The van der Waals surface area contributed by atoms with Crippen LogP contribution in [0.25, 0.3) is 17.0 Å². The lowest BCUT2D eigenvalue weighted by Crippen LogP contribution is -2.50. The van der Waals surface area contributed by atoms with Gasteiger partial charge in [-0.1, -0.05) is 57.2 Å². The number of aromatic nitrogens is 1. The molecule has 1 amide bonds. The van der Waals surface area contributed by atoms with Crippen molar-refractivity contribution in [3.05, 3.63) is 77.0 Å². The Bertz CT molecular complexity index is 1180. The van der Waals surface area contributed by atoms with E-state index in [9.17, 15) is 4.79 Å². The van der Waals surface area contributed by atoms with E-state index in [4.69, 9.17) is 0 Å². The van der Waals surface area contributed by atoms with E-state index in [1.807, 2.05) is 36.4 Å². The fraction of sp³-hybridized carbons (Fsp3) is 0.414. The molecule has 4 nitrogen and oxygen atoms in total. The molecule has 0 unspecified atom stereocenters. The highest BCUT2D eigenvalue weighted by Crippen LogP contribution is 2.45. The normalized spacial score (nSPS) is 23.1. The van der Waals surface area contributed by atoms with E-state index in [-0.39, 0.29) is 11.3 Å². The van der Waals surface area contributed by atoms with Crippen molar-refractivity contribution in [3.63, 3.8) is 0 Å². The molecule has 2 aromatic carbocycles. The summed E-state index contributed by atoms with van der Waals surface area (Å²) in [5.41, 5.74) is 6.77. The molecule has 2 N–H and O–H groups in total. The number of aromatic amines is 1. The summed E-state index contributed by atoms with van der Waals surface area (Å²) in [6.07, 6.45) is 7.96. The van der Waals surface area contributed by atoms with Crippen LogP contribution in [0.2, 0.25) is 0 Å². The Morgan fingerprint density at radius 1 is 1.21 bits per heavy atom. The summed E-state index contributed by atoms with van der Waals surface area (Å²) in [5, 5.41) is 4.59. The summed E-state index contributed by atoms with van der Waals surface area (Å²) in [4.78, 5) is 18.5. The number of likely N-dealkylation sites (tertiary alicyclic amines) is 1. The monoisotopic (exact) mass is 441 g/mol. The minimum Gasteiger partial charge on any atom is -0.361 e. The number of benzene rings is 2. The van der Waals surface area contributed by atoms with Gasteiger partial charge in [-0.3, -0.25) is 4.79 Å². The lowest BCUT2D eigenvalue weighted by atomic mass is 9.71. The standard InChI is InChI=1S/C29H35N3O/c1-29(2,3)22-14-24-23-12-20(16-31-27(33)11-10-19-8-6-5-7-9-19)18-32(4)26(23)13-21-17-30-25(15-22)28(21)24/h5-11,14-15,17,20,23,26,30H,12-13,16,18H2,1-4H3,(H,31,33)/t20-,23+,26+/m0/s1. The molecule has 0 spiro atoms. The molecule has 1 aliphatic heterocycles. The molecule has 3 aromatic rings. The van der Waals surface area contributed by atoms with Gasteiger partial charge in [0.2, 0.25) is 5.91 Å². The third-order valence-electron chi connectivity index (χ3n) is 7.54. The molecule has 1 fully saturated rings. The summed E-state index contributed by atoms with van der Waals surface area (Å²) in [6.45, 7) is 8.61. The number of carbonyl (C=O) groups excluding carboxylic acids is 1. The number of carbonyl (C=O) groups is 1. The largest absolute Gasteiger partial charge is 0.361 e. The van der Waals surface area contributed by atoms with Crippen LogP contribution in [0, 0.1) is 5.92 Å². The van der Waals surface area contributed by atoms with Crippen molar-refractivity contribution >= 4 is 22.9 Å². The van der Waals surface area contributed by atoms with Gasteiger partial charge in [0.05, 0.1) is 0 Å². The Labute approximate surface area is 197 Å². The molecule has 0 bridgehead atoms. The molecule has 1 saturated heterocycles. The Morgan fingerprint density at radius 2 is 2.00 bits per heavy atom. The Kier molecular flexibility index (Phi) is 5.65. The summed E-state index contributed by atoms with van der Waals surface area (Å²) >= 11 is 0. The number of hydrogen-bond donors (Lipinski definition) is 2. The molecule has 4 heteroatoms. The predicted molar refractivity (Wildman–Crippen MR) is 136 cm³/mol. The highest BCUT2D eigenvalue weighted by Gasteiger charge is 2.40. The van der Waals surface area contributed by atoms with Crippen molar-refractivity contribution < 1.29 is 4.79 Å². The SMILES string of the molecule is CN1C[C@H](CNC(=O)C=Cc2ccccc2)C[C@@H]2c3cc(C(C)(C)C)cc4[nH]cc(c34)C[C@H]21. The van der Waals surface area contributed by atoms with E-state index in [0.717, 1.165) is 24.9 Å². The Morgan fingerprint density at radius 3 is 2.76 bits per heavy atom. The van der Waals surface area contributed by atoms with Crippen LogP contribution in [0.5, 0.6) is 0 Å². The average molecular weight is 442 g/mol. The second-order valence-corrected chi connectivity index (χ2v) is 11.0. The van der Waals surface area contributed by atoms with Crippen LogP contribution in [0.1, 0.15) is 55.4 Å². The first-order valence-corrected chi connectivity index (χ1v) is 12.1. The maximum Gasteiger partial charge on any atom is 0.244 e. The van der Waals surface area contributed by atoms with Crippen molar-refractivity contribution in [2.45, 2.75) is 51.0 Å². The van der Waals surface area contributed by atoms with Crippen molar-refractivity contribution in [1.82, 2.24) is 15.2 Å². The van der Waals surface area contributed by atoms with Crippen molar-refractivity contribution in [2.75, 3.05) is 20.1 Å². The fourth-order valence-corrected chi connectivity index (χ4v) is 5.75. The lowest BCUT2D eigenvalue weighted by Gasteiger charge is -2.46. The first kappa shape index (κ1) is 22.0. The Hall–Kier alpha value is -2.85. The van der Waals surface area contributed by atoms with Gasteiger partial charge in [-0.15, -0.1) is 0 Å². The van der Waals surface area contributed by atoms with Gasteiger partial charge < -0.3 is 15.2 Å². The summed E-state index contributed by atoms with van der Waals surface area (Å²) in [5.74, 6) is 0.926. The maximum atomic E-state index is 12.4. The van der Waals surface area contributed by atoms with E-state index < -0.39 is 0 Å². The second-order valence-electron chi connectivity index (χ2n) is 11.0. The number of nitrogens with one attached hydrogen (secondary N) is 2. The number of rotatable bonds is 4. The van der Waals surface area contributed by atoms with Crippen LogP contribution < -0.4 is 5.32 Å². The third-order valence-corrected chi connectivity index (χ3v) is 7.54. The van der Waals surface area contributed by atoms with E-state index in [2.05, 4.69) is 61.3 Å². The number of H-pyrrole nitrogens is 1. The molecule has 5 rings (SSSR count). The minimum atomic E-state index is -0.0164. The van der Waals surface area contributed by atoms with E-state index in [0.29, 0.717) is 24.4 Å². The van der Waals surface area contributed by atoms with Gasteiger partial charge in [0.15, 0.2) is 0 Å². The second kappa shape index (κ2) is 8.49. The van der Waals surface area contributed by atoms with Gasteiger partial charge >= 0.3 is 0 Å². The molecule has 2 heterocycles. The molecular weight excluding hydrogens is 406 g/mol. The van der Waals surface area contributed by atoms with Crippen LogP contribution >= 0.6 is 0 Å². The first-order valence-electron chi connectivity index (χ1n) is 12.1. The molecule has 3 atom stereocenters. The molecule has 1 aliphatic carbocycles. The molecule has 2 aliphatic rings.